The van der Waals surface area contributed by atoms with E-state index in [1.807, 2.05) is 13.8 Å². The minimum Gasteiger partial charge on any atom is -0.353 e. The second-order valence-corrected chi connectivity index (χ2v) is 7.10. The Kier molecular flexibility index (Phi) is 5.68. The second-order valence-electron chi connectivity index (χ2n) is 7.10. The number of fused-ring (bicyclic) bond motifs is 1. The van der Waals surface area contributed by atoms with Gasteiger partial charge in [-0.15, -0.1) is 0 Å². The molecule has 1 fully saturated rings. The third-order valence-electron chi connectivity index (χ3n) is 4.94. The van der Waals surface area contributed by atoms with E-state index in [9.17, 15) is 14.4 Å². The monoisotopic (exact) mass is 358 g/mol. The lowest BCUT2D eigenvalue weighted by atomic mass is 10.0. The average Bonchev–Trinajstić information content (AvgIpc) is 2.88. The minimum atomic E-state index is -0.801. The van der Waals surface area contributed by atoms with Crippen molar-refractivity contribution in [2.45, 2.75) is 19.9 Å². The Morgan fingerprint density at radius 2 is 1.69 bits per heavy atom. The van der Waals surface area contributed by atoms with Crippen LogP contribution in [-0.4, -0.2) is 72.8 Å². The van der Waals surface area contributed by atoms with Crippen LogP contribution in [0.1, 0.15) is 34.6 Å². The SMILES string of the molecule is CC(C)C(C(=O)NCCN1CCNCC1)N1C(=O)c2ccccc2C1=O. The molecule has 2 heterocycles. The second kappa shape index (κ2) is 7.97. The zero-order valence-corrected chi connectivity index (χ0v) is 15.3. The van der Waals surface area contributed by atoms with Gasteiger partial charge in [-0.3, -0.25) is 24.2 Å². The van der Waals surface area contributed by atoms with Crippen LogP contribution in [0.15, 0.2) is 24.3 Å². The van der Waals surface area contributed by atoms with Gasteiger partial charge in [-0.25, -0.2) is 0 Å². The molecule has 0 aliphatic carbocycles. The van der Waals surface area contributed by atoms with Crippen molar-refractivity contribution in [1.82, 2.24) is 20.4 Å². The van der Waals surface area contributed by atoms with Crippen molar-refractivity contribution >= 4 is 17.7 Å². The largest absolute Gasteiger partial charge is 0.353 e. The number of carbonyl (C=O) groups is 3. The molecule has 2 N–H and O–H groups in total. The number of hydrogen-bond donors (Lipinski definition) is 2. The summed E-state index contributed by atoms with van der Waals surface area (Å²) in [7, 11) is 0. The average molecular weight is 358 g/mol. The smallest absolute Gasteiger partial charge is 0.262 e. The van der Waals surface area contributed by atoms with Gasteiger partial charge in [-0.05, 0) is 18.1 Å². The third-order valence-corrected chi connectivity index (χ3v) is 4.94. The lowest BCUT2D eigenvalue weighted by Gasteiger charge is -2.30. The van der Waals surface area contributed by atoms with Crippen molar-refractivity contribution in [3.05, 3.63) is 35.4 Å². The maximum atomic E-state index is 12.8. The van der Waals surface area contributed by atoms with E-state index in [1.54, 1.807) is 24.3 Å². The van der Waals surface area contributed by atoms with Gasteiger partial charge in [-0.2, -0.15) is 0 Å². The molecule has 140 valence electrons. The van der Waals surface area contributed by atoms with E-state index in [-0.39, 0.29) is 23.6 Å². The van der Waals surface area contributed by atoms with Gasteiger partial charge in [0.05, 0.1) is 11.1 Å². The molecule has 2 aliphatic rings. The Morgan fingerprint density at radius 3 is 2.23 bits per heavy atom. The van der Waals surface area contributed by atoms with Crippen molar-refractivity contribution < 1.29 is 14.4 Å². The summed E-state index contributed by atoms with van der Waals surface area (Å²) < 4.78 is 0. The number of nitrogens with zero attached hydrogens (tertiary/aromatic N) is 2. The molecule has 1 aromatic carbocycles. The Morgan fingerprint density at radius 1 is 1.12 bits per heavy atom. The summed E-state index contributed by atoms with van der Waals surface area (Å²) in [5, 5.41) is 6.20. The maximum Gasteiger partial charge on any atom is 0.262 e. The summed E-state index contributed by atoms with van der Waals surface area (Å²) in [6.07, 6.45) is 0. The summed E-state index contributed by atoms with van der Waals surface area (Å²) in [5.41, 5.74) is 0.744. The fourth-order valence-electron chi connectivity index (χ4n) is 3.56. The molecule has 0 aromatic heterocycles. The Bertz CT molecular complexity index is 663. The first-order valence-electron chi connectivity index (χ1n) is 9.18. The first kappa shape index (κ1) is 18.5. The molecule has 7 nitrogen and oxygen atoms in total. The van der Waals surface area contributed by atoms with E-state index in [0.29, 0.717) is 17.7 Å². The molecule has 3 rings (SSSR count). The minimum absolute atomic E-state index is 0.170. The zero-order chi connectivity index (χ0) is 18.7. The number of imide groups is 1. The third kappa shape index (κ3) is 3.64. The van der Waals surface area contributed by atoms with Crippen LogP contribution in [0, 0.1) is 5.92 Å². The van der Waals surface area contributed by atoms with Crippen molar-refractivity contribution in [2.24, 2.45) is 5.92 Å². The molecule has 7 heteroatoms. The number of carbonyl (C=O) groups excluding carboxylic acids is 3. The molecule has 3 amide bonds. The summed E-state index contributed by atoms with van der Waals surface area (Å²) in [6, 6.07) is 5.92. The van der Waals surface area contributed by atoms with Gasteiger partial charge in [-0.1, -0.05) is 26.0 Å². The normalized spacial score (nSPS) is 19.0. The molecular formula is C19H26N4O3. The number of benzene rings is 1. The molecular weight excluding hydrogens is 332 g/mol. The van der Waals surface area contributed by atoms with Crippen molar-refractivity contribution in [3.63, 3.8) is 0 Å². The van der Waals surface area contributed by atoms with E-state index in [0.717, 1.165) is 37.6 Å². The van der Waals surface area contributed by atoms with E-state index in [1.165, 1.54) is 0 Å². The van der Waals surface area contributed by atoms with Crippen molar-refractivity contribution in [2.75, 3.05) is 39.3 Å². The highest BCUT2D eigenvalue weighted by Crippen LogP contribution is 2.27. The predicted molar refractivity (Wildman–Crippen MR) is 97.9 cm³/mol. The first-order chi connectivity index (χ1) is 12.5. The molecule has 1 saturated heterocycles. The summed E-state index contributed by atoms with van der Waals surface area (Å²) in [6.45, 7) is 8.80. The number of rotatable bonds is 6. The molecule has 0 saturated carbocycles. The van der Waals surface area contributed by atoms with Gasteiger partial charge >= 0.3 is 0 Å². The molecule has 1 atom stereocenters. The Labute approximate surface area is 153 Å². The van der Waals surface area contributed by atoms with Crippen LogP contribution >= 0.6 is 0 Å². The number of nitrogens with one attached hydrogen (secondary N) is 2. The Balaban J connectivity index is 1.66. The Hall–Kier alpha value is -2.25. The standard InChI is InChI=1S/C19H26N4O3/c1-13(2)16(17(24)21-9-12-22-10-7-20-8-11-22)23-18(25)14-5-3-4-6-15(14)19(23)26/h3-6,13,16,20H,7-12H2,1-2H3,(H,21,24). The molecule has 1 aromatic rings. The number of hydrogen-bond acceptors (Lipinski definition) is 5. The van der Waals surface area contributed by atoms with Gasteiger partial charge in [0.2, 0.25) is 5.91 Å². The molecule has 1 unspecified atom stereocenters. The number of amides is 3. The maximum absolute atomic E-state index is 12.8. The van der Waals surface area contributed by atoms with Crippen LogP contribution in [0.4, 0.5) is 0 Å². The fraction of sp³-hybridized carbons (Fsp3) is 0.526. The summed E-state index contributed by atoms with van der Waals surface area (Å²) in [4.78, 5) is 41.5. The molecule has 0 bridgehead atoms. The highest BCUT2D eigenvalue weighted by molar-refractivity contribution is 6.22. The molecule has 0 spiro atoms. The molecule has 0 radical (unpaired) electrons. The van der Waals surface area contributed by atoms with Crippen LogP contribution in [0.5, 0.6) is 0 Å². The number of piperazine rings is 1. The molecule has 2 aliphatic heterocycles. The van der Waals surface area contributed by atoms with E-state index in [2.05, 4.69) is 15.5 Å². The van der Waals surface area contributed by atoms with Crippen molar-refractivity contribution in [3.8, 4) is 0 Å². The van der Waals surface area contributed by atoms with Gasteiger partial charge < -0.3 is 10.6 Å². The fourth-order valence-corrected chi connectivity index (χ4v) is 3.56. The highest BCUT2D eigenvalue weighted by atomic mass is 16.2. The first-order valence-corrected chi connectivity index (χ1v) is 9.18. The van der Waals surface area contributed by atoms with Crippen LogP contribution in [-0.2, 0) is 4.79 Å². The predicted octanol–water partition coefficient (Wildman–Crippen LogP) is 0.329. The van der Waals surface area contributed by atoms with Crippen LogP contribution in [0.2, 0.25) is 0 Å². The zero-order valence-electron chi connectivity index (χ0n) is 15.3. The van der Waals surface area contributed by atoms with Crippen LogP contribution < -0.4 is 10.6 Å². The van der Waals surface area contributed by atoms with E-state index >= 15 is 0 Å². The highest BCUT2D eigenvalue weighted by Gasteiger charge is 2.43. The quantitative estimate of drug-likeness (QED) is 0.716. The van der Waals surface area contributed by atoms with Gasteiger partial charge in [0.25, 0.3) is 11.8 Å². The van der Waals surface area contributed by atoms with Crippen LogP contribution in [0.25, 0.3) is 0 Å². The van der Waals surface area contributed by atoms with Gasteiger partial charge in [0, 0.05) is 39.3 Å². The van der Waals surface area contributed by atoms with E-state index in [4.69, 9.17) is 0 Å². The van der Waals surface area contributed by atoms with Gasteiger partial charge in [0.1, 0.15) is 6.04 Å². The summed E-state index contributed by atoms with van der Waals surface area (Å²) >= 11 is 0. The van der Waals surface area contributed by atoms with Gasteiger partial charge in [0.15, 0.2) is 0 Å². The summed E-state index contributed by atoms with van der Waals surface area (Å²) in [5.74, 6) is -1.22. The molecule has 26 heavy (non-hydrogen) atoms. The topological polar surface area (TPSA) is 81.8 Å². The lowest BCUT2D eigenvalue weighted by molar-refractivity contribution is -0.126. The lowest BCUT2D eigenvalue weighted by Crippen LogP contribution is -2.53. The van der Waals surface area contributed by atoms with Crippen LogP contribution in [0.3, 0.4) is 0 Å². The van der Waals surface area contributed by atoms with E-state index < -0.39 is 6.04 Å². The van der Waals surface area contributed by atoms with Crippen molar-refractivity contribution in [1.29, 1.82) is 0 Å².